The Bertz CT molecular complexity index is 684. The van der Waals surface area contributed by atoms with Gasteiger partial charge in [-0.1, -0.05) is 22.4 Å². The minimum atomic E-state index is -0.131. The summed E-state index contributed by atoms with van der Waals surface area (Å²) < 4.78 is 8.64. The molecule has 7 heteroatoms. The minimum Gasteiger partial charge on any atom is -0.484 e. The third-order valence-corrected chi connectivity index (χ3v) is 4.57. The quantitative estimate of drug-likeness (QED) is 0.819. The minimum absolute atomic E-state index is 0.0135. The number of nitrogens with one attached hydrogen (secondary N) is 1. The number of fused-ring (bicyclic) bond motifs is 1. The predicted molar refractivity (Wildman–Crippen MR) is 93.9 cm³/mol. The molecule has 0 spiro atoms. The average Bonchev–Trinajstić information content (AvgIpc) is 2.81. The molecule has 2 aromatic rings. The Labute approximate surface area is 149 Å². The van der Waals surface area contributed by atoms with Crippen molar-refractivity contribution in [1.29, 1.82) is 0 Å². The number of benzene rings is 1. The zero-order valence-electron chi connectivity index (χ0n) is 13.5. The number of carbonyl (C=O) groups is 1. The molecule has 1 N–H and O–H groups in total. The average molecular weight is 393 g/mol. The number of aryl methyl sites for hydroxylation is 1. The largest absolute Gasteiger partial charge is 0.484 e. The van der Waals surface area contributed by atoms with Gasteiger partial charge in [-0.3, -0.25) is 4.79 Å². The van der Waals surface area contributed by atoms with Gasteiger partial charge in [0.2, 0.25) is 0 Å². The van der Waals surface area contributed by atoms with Crippen molar-refractivity contribution in [3.63, 3.8) is 0 Å². The van der Waals surface area contributed by atoms with Crippen LogP contribution in [0.3, 0.4) is 0 Å². The predicted octanol–water partition coefficient (Wildman–Crippen LogP) is 2.50. The lowest BCUT2D eigenvalue weighted by Gasteiger charge is -2.09. The number of rotatable bonds is 6. The van der Waals surface area contributed by atoms with E-state index in [1.807, 2.05) is 24.3 Å². The molecule has 0 atom stereocenters. The van der Waals surface area contributed by atoms with Crippen molar-refractivity contribution in [2.45, 2.75) is 38.6 Å². The highest BCUT2D eigenvalue weighted by Crippen LogP contribution is 2.16. The molecule has 1 aromatic heterocycles. The summed E-state index contributed by atoms with van der Waals surface area (Å²) >= 11 is 3.36. The lowest BCUT2D eigenvalue weighted by molar-refractivity contribution is -0.123. The first-order chi connectivity index (χ1) is 11.7. The molecule has 1 aromatic carbocycles. The molecule has 1 amide bonds. The molecule has 2 heterocycles. The normalized spacial score (nSPS) is 13.9. The molecule has 0 saturated heterocycles. The first kappa shape index (κ1) is 17.0. The molecule has 24 heavy (non-hydrogen) atoms. The van der Waals surface area contributed by atoms with Gasteiger partial charge in [0.25, 0.3) is 5.91 Å². The lowest BCUT2D eigenvalue weighted by atomic mass is 10.2. The van der Waals surface area contributed by atoms with Crippen LogP contribution in [0.5, 0.6) is 5.75 Å². The fraction of sp³-hybridized carbons (Fsp3) is 0.471. The molecule has 128 valence electrons. The van der Waals surface area contributed by atoms with Crippen LogP contribution in [0.4, 0.5) is 0 Å². The number of hydrogen-bond donors (Lipinski definition) is 1. The second-order valence-corrected chi connectivity index (χ2v) is 6.75. The second kappa shape index (κ2) is 8.28. The van der Waals surface area contributed by atoms with E-state index in [1.165, 1.54) is 19.3 Å². The molecule has 0 aliphatic carbocycles. The Kier molecular flexibility index (Phi) is 5.85. The molecule has 0 radical (unpaired) electrons. The molecule has 6 nitrogen and oxygen atoms in total. The van der Waals surface area contributed by atoms with Gasteiger partial charge in [0.1, 0.15) is 17.4 Å². The first-order valence-electron chi connectivity index (χ1n) is 8.28. The van der Waals surface area contributed by atoms with E-state index in [-0.39, 0.29) is 12.5 Å². The van der Waals surface area contributed by atoms with Crippen molar-refractivity contribution < 1.29 is 9.53 Å². The topological polar surface area (TPSA) is 69.0 Å². The molecular weight excluding hydrogens is 372 g/mol. The van der Waals surface area contributed by atoms with Gasteiger partial charge in [0, 0.05) is 30.4 Å². The number of carbonyl (C=O) groups excluding carboxylic acids is 1. The van der Waals surface area contributed by atoms with E-state index in [4.69, 9.17) is 4.74 Å². The van der Waals surface area contributed by atoms with Crippen LogP contribution in [0.2, 0.25) is 0 Å². The van der Waals surface area contributed by atoms with Gasteiger partial charge >= 0.3 is 0 Å². The molecular formula is C17H21BrN4O2. The first-order valence-corrected chi connectivity index (χ1v) is 9.08. The summed E-state index contributed by atoms with van der Waals surface area (Å²) in [6.07, 6.45) is 5.29. The van der Waals surface area contributed by atoms with Gasteiger partial charge < -0.3 is 14.6 Å². The molecule has 3 rings (SSSR count). The summed E-state index contributed by atoms with van der Waals surface area (Å²) in [5.41, 5.74) is 0. The highest BCUT2D eigenvalue weighted by molar-refractivity contribution is 9.10. The van der Waals surface area contributed by atoms with E-state index < -0.39 is 0 Å². The molecule has 1 aliphatic heterocycles. The van der Waals surface area contributed by atoms with Crippen molar-refractivity contribution in [1.82, 2.24) is 20.1 Å². The Morgan fingerprint density at radius 1 is 1.21 bits per heavy atom. The zero-order valence-corrected chi connectivity index (χ0v) is 15.1. The number of amides is 1. The van der Waals surface area contributed by atoms with Crippen molar-refractivity contribution in [3.05, 3.63) is 40.4 Å². The van der Waals surface area contributed by atoms with Crippen LogP contribution in [0.1, 0.15) is 30.9 Å². The maximum absolute atomic E-state index is 11.9. The van der Waals surface area contributed by atoms with Gasteiger partial charge in [0.15, 0.2) is 6.61 Å². The van der Waals surface area contributed by atoms with Gasteiger partial charge in [-0.2, -0.15) is 0 Å². The van der Waals surface area contributed by atoms with E-state index in [9.17, 15) is 4.79 Å². The zero-order chi connectivity index (χ0) is 16.8. The Morgan fingerprint density at radius 2 is 2.04 bits per heavy atom. The van der Waals surface area contributed by atoms with Gasteiger partial charge in [-0.25, -0.2) is 0 Å². The van der Waals surface area contributed by atoms with E-state index in [2.05, 4.69) is 36.0 Å². The fourth-order valence-corrected chi connectivity index (χ4v) is 3.04. The number of ether oxygens (including phenoxy) is 1. The molecule has 0 unspecified atom stereocenters. The van der Waals surface area contributed by atoms with Crippen molar-refractivity contribution >= 4 is 21.8 Å². The van der Waals surface area contributed by atoms with Crippen molar-refractivity contribution in [2.75, 3.05) is 13.2 Å². The van der Waals surface area contributed by atoms with Crippen LogP contribution in [-0.4, -0.2) is 33.8 Å². The number of aromatic nitrogens is 3. The summed E-state index contributed by atoms with van der Waals surface area (Å²) in [5.74, 6) is 2.58. The van der Waals surface area contributed by atoms with E-state index in [1.54, 1.807) is 0 Å². The Hall–Kier alpha value is -1.89. The van der Waals surface area contributed by atoms with Crippen LogP contribution < -0.4 is 10.1 Å². The van der Waals surface area contributed by atoms with Crippen molar-refractivity contribution in [3.8, 4) is 5.75 Å². The maximum Gasteiger partial charge on any atom is 0.257 e. The Morgan fingerprint density at radius 3 is 2.88 bits per heavy atom. The number of hydrogen-bond acceptors (Lipinski definition) is 4. The van der Waals surface area contributed by atoms with Gasteiger partial charge in [0.05, 0.1) is 0 Å². The summed E-state index contributed by atoms with van der Waals surface area (Å²) in [6, 6.07) is 7.40. The molecule has 0 bridgehead atoms. The molecule has 0 fully saturated rings. The standard InChI is InChI=1S/C17H21BrN4O2/c18-13-5-7-14(8-6-13)24-12-17(23)19-10-9-16-21-20-15-4-2-1-3-11-22(15)16/h5-8H,1-4,9-12H2,(H,19,23). The summed E-state index contributed by atoms with van der Waals surface area (Å²) in [6.45, 7) is 1.54. The third kappa shape index (κ3) is 4.56. The number of nitrogens with zero attached hydrogens (tertiary/aromatic N) is 3. The monoisotopic (exact) mass is 392 g/mol. The van der Waals surface area contributed by atoms with E-state index >= 15 is 0 Å². The van der Waals surface area contributed by atoms with E-state index in [0.29, 0.717) is 18.7 Å². The molecule has 1 aliphatic rings. The van der Waals surface area contributed by atoms with E-state index in [0.717, 1.165) is 29.1 Å². The second-order valence-electron chi connectivity index (χ2n) is 5.84. The highest BCUT2D eigenvalue weighted by Gasteiger charge is 2.14. The lowest BCUT2D eigenvalue weighted by Crippen LogP contribution is -2.31. The molecule has 0 saturated carbocycles. The summed E-state index contributed by atoms with van der Waals surface area (Å²) in [7, 11) is 0. The maximum atomic E-state index is 11.9. The summed E-state index contributed by atoms with van der Waals surface area (Å²) in [5, 5.41) is 11.4. The van der Waals surface area contributed by atoms with Crippen LogP contribution in [0, 0.1) is 0 Å². The summed E-state index contributed by atoms with van der Waals surface area (Å²) in [4.78, 5) is 11.9. The van der Waals surface area contributed by atoms with Crippen LogP contribution in [0.15, 0.2) is 28.7 Å². The smallest absolute Gasteiger partial charge is 0.257 e. The Balaban J connectivity index is 1.42. The highest BCUT2D eigenvalue weighted by atomic mass is 79.9. The SMILES string of the molecule is O=C(COc1ccc(Br)cc1)NCCc1nnc2n1CCCCC2. The van der Waals surface area contributed by atoms with Gasteiger partial charge in [-0.05, 0) is 37.1 Å². The van der Waals surface area contributed by atoms with Crippen LogP contribution in [0.25, 0.3) is 0 Å². The van der Waals surface area contributed by atoms with Gasteiger partial charge in [-0.15, -0.1) is 10.2 Å². The van der Waals surface area contributed by atoms with Crippen LogP contribution >= 0.6 is 15.9 Å². The van der Waals surface area contributed by atoms with Crippen molar-refractivity contribution in [2.24, 2.45) is 0 Å². The van der Waals surface area contributed by atoms with Crippen LogP contribution in [-0.2, 0) is 24.2 Å². The third-order valence-electron chi connectivity index (χ3n) is 4.04. The fourth-order valence-electron chi connectivity index (χ4n) is 2.77. The number of halogens is 1.